The second-order valence-corrected chi connectivity index (χ2v) is 12.9. The van der Waals surface area contributed by atoms with Crippen LogP contribution in [0.4, 0.5) is 5.13 Å². The molecular formula is C33H30ClN3O7S2. The second-order valence-electron chi connectivity index (χ2n) is 10.3. The van der Waals surface area contributed by atoms with Crippen molar-refractivity contribution in [2.24, 2.45) is 0 Å². The summed E-state index contributed by atoms with van der Waals surface area (Å²) in [6, 6.07) is 16.6. The van der Waals surface area contributed by atoms with E-state index in [-0.39, 0.29) is 16.5 Å². The van der Waals surface area contributed by atoms with Gasteiger partial charge in [-0.05, 0) is 66.9 Å². The van der Waals surface area contributed by atoms with E-state index in [1.54, 1.807) is 36.4 Å². The zero-order valence-electron chi connectivity index (χ0n) is 25.0. The maximum Gasteiger partial charge on any atom is 0.301 e. The molecule has 2 aliphatic rings. The van der Waals surface area contributed by atoms with Gasteiger partial charge in [-0.1, -0.05) is 59.8 Å². The predicted octanol–water partition coefficient (Wildman–Crippen LogP) is 7.07. The van der Waals surface area contributed by atoms with Crippen LogP contribution in [0.25, 0.3) is 5.76 Å². The minimum Gasteiger partial charge on any atom is -0.507 e. The monoisotopic (exact) mass is 679 g/mol. The maximum absolute atomic E-state index is 13.8. The van der Waals surface area contributed by atoms with Gasteiger partial charge in [0.1, 0.15) is 19.0 Å². The number of aliphatic hydroxyl groups excluding tert-OH is 1. The largest absolute Gasteiger partial charge is 0.507 e. The number of Topliss-reactive ketones (excluding diaryl/α,β-unsaturated/α-hetero) is 1. The molecule has 13 heteroatoms. The van der Waals surface area contributed by atoms with E-state index in [2.05, 4.69) is 10.2 Å². The van der Waals surface area contributed by atoms with Gasteiger partial charge < -0.3 is 24.1 Å². The minimum absolute atomic E-state index is 0.100. The lowest BCUT2D eigenvalue weighted by Gasteiger charge is -2.24. The lowest BCUT2D eigenvalue weighted by Crippen LogP contribution is -2.29. The van der Waals surface area contributed by atoms with Gasteiger partial charge in [0.2, 0.25) is 5.13 Å². The number of carbonyl (C=O) groups excluding carboxylic acids is 2. The van der Waals surface area contributed by atoms with Crippen LogP contribution >= 0.6 is 34.7 Å². The summed E-state index contributed by atoms with van der Waals surface area (Å²) in [7, 11) is 0. The van der Waals surface area contributed by atoms with E-state index in [4.69, 9.17) is 30.5 Å². The maximum atomic E-state index is 13.8. The molecule has 1 aromatic heterocycles. The molecule has 1 saturated heterocycles. The molecule has 1 N–H and O–H groups in total. The van der Waals surface area contributed by atoms with Crippen LogP contribution in [0.15, 0.2) is 70.6 Å². The standard InChI is InChI=1S/C33H30ClN3O7S2/c1-3-13-42-23-11-7-20(16-25(23)41-4-2)28-27(29(38)21-8-12-24-26(17-21)44-15-14-43-24)30(39)31(40)37(28)32-35-36-33(46-32)45-18-19-5-9-22(34)10-6-19/h5-12,16-17,28,38H,3-4,13-15,18H2,1-2H3/t28-/m1/s1. The third-order valence-electron chi connectivity index (χ3n) is 7.18. The quantitative estimate of drug-likeness (QED) is 0.0579. The number of rotatable bonds is 11. The Kier molecular flexibility index (Phi) is 9.67. The molecule has 0 saturated carbocycles. The van der Waals surface area contributed by atoms with E-state index in [0.29, 0.717) is 75.7 Å². The van der Waals surface area contributed by atoms with Crippen LogP contribution < -0.4 is 23.8 Å². The molecule has 0 bridgehead atoms. The average molecular weight is 680 g/mol. The summed E-state index contributed by atoms with van der Waals surface area (Å²) < 4.78 is 23.7. The first kappa shape index (κ1) is 31.7. The number of thioether (sulfide) groups is 1. The first-order valence-corrected chi connectivity index (χ1v) is 16.9. The number of aliphatic hydroxyl groups is 1. The van der Waals surface area contributed by atoms with Crippen LogP contribution in [0.5, 0.6) is 23.0 Å². The Labute approximate surface area is 278 Å². The normalized spacial score (nSPS) is 16.9. The number of anilines is 1. The minimum atomic E-state index is -1.03. The van der Waals surface area contributed by atoms with Crippen molar-refractivity contribution in [3.05, 3.63) is 87.9 Å². The first-order chi connectivity index (χ1) is 22.4. The number of hydrogen-bond acceptors (Lipinski definition) is 11. The summed E-state index contributed by atoms with van der Waals surface area (Å²) in [4.78, 5) is 28.8. The number of ketones is 1. The third-order valence-corrected chi connectivity index (χ3v) is 9.56. The molecule has 1 atom stereocenters. The zero-order valence-corrected chi connectivity index (χ0v) is 27.4. The summed E-state index contributed by atoms with van der Waals surface area (Å²) in [5.74, 6) is 0.516. The Bertz CT molecular complexity index is 1790. The van der Waals surface area contributed by atoms with E-state index in [0.717, 1.165) is 12.0 Å². The highest BCUT2D eigenvalue weighted by atomic mass is 35.5. The van der Waals surface area contributed by atoms with Crippen LogP contribution in [0.3, 0.4) is 0 Å². The van der Waals surface area contributed by atoms with E-state index in [9.17, 15) is 14.7 Å². The van der Waals surface area contributed by atoms with Crippen LogP contribution in [0.2, 0.25) is 5.02 Å². The molecule has 1 fully saturated rings. The van der Waals surface area contributed by atoms with Crippen molar-refractivity contribution in [3.8, 4) is 23.0 Å². The number of amides is 1. The number of hydrogen-bond donors (Lipinski definition) is 1. The highest BCUT2D eigenvalue weighted by molar-refractivity contribution is 8.00. The molecule has 0 radical (unpaired) electrons. The van der Waals surface area contributed by atoms with Crippen LogP contribution in [-0.2, 0) is 15.3 Å². The van der Waals surface area contributed by atoms with Crippen molar-refractivity contribution < 1.29 is 33.6 Å². The lowest BCUT2D eigenvalue weighted by molar-refractivity contribution is -0.132. The number of aromatic nitrogens is 2. The van der Waals surface area contributed by atoms with Crippen molar-refractivity contribution in [3.63, 3.8) is 0 Å². The molecule has 0 spiro atoms. The van der Waals surface area contributed by atoms with Crippen LogP contribution in [0, 0.1) is 0 Å². The molecular weight excluding hydrogens is 650 g/mol. The predicted molar refractivity (Wildman–Crippen MR) is 177 cm³/mol. The Morgan fingerprint density at radius 3 is 2.54 bits per heavy atom. The van der Waals surface area contributed by atoms with E-state index in [1.807, 2.05) is 38.1 Å². The summed E-state index contributed by atoms with van der Waals surface area (Å²) in [6.07, 6.45) is 0.804. The number of halogens is 1. The molecule has 10 nitrogen and oxygen atoms in total. The molecule has 46 heavy (non-hydrogen) atoms. The van der Waals surface area contributed by atoms with Crippen LogP contribution in [0.1, 0.15) is 43.0 Å². The van der Waals surface area contributed by atoms with Crippen LogP contribution in [-0.4, -0.2) is 53.4 Å². The molecule has 3 aromatic carbocycles. The molecule has 238 valence electrons. The highest BCUT2D eigenvalue weighted by Crippen LogP contribution is 2.46. The molecule has 4 aromatic rings. The van der Waals surface area contributed by atoms with Gasteiger partial charge in [-0.2, -0.15) is 0 Å². The van der Waals surface area contributed by atoms with Gasteiger partial charge in [-0.25, -0.2) is 0 Å². The van der Waals surface area contributed by atoms with Gasteiger partial charge in [0.15, 0.2) is 27.3 Å². The fourth-order valence-corrected chi connectivity index (χ4v) is 7.02. The van der Waals surface area contributed by atoms with Crippen molar-refractivity contribution in [2.75, 3.05) is 31.3 Å². The Morgan fingerprint density at radius 1 is 1.00 bits per heavy atom. The highest BCUT2D eigenvalue weighted by Gasteiger charge is 2.48. The first-order valence-electron chi connectivity index (χ1n) is 14.7. The number of ether oxygens (including phenoxy) is 4. The van der Waals surface area contributed by atoms with Gasteiger partial charge in [0.05, 0.1) is 24.8 Å². The smallest absolute Gasteiger partial charge is 0.301 e. The summed E-state index contributed by atoms with van der Waals surface area (Å²) in [5, 5.41) is 21.1. The number of nitrogens with zero attached hydrogens (tertiary/aromatic N) is 3. The van der Waals surface area contributed by atoms with Crippen molar-refractivity contribution in [1.29, 1.82) is 0 Å². The second kappa shape index (κ2) is 14.0. The number of fused-ring (bicyclic) bond motifs is 1. The molecule has 6 rings (SSSR count). The van der Waals surface area contributed by atoms with Gasteiger partial charge in [0, 0.05) is 16.3 Å². The van der Waals surface area contributed by atoms with Crippen molar-refractivity contribution >= 4 is 57.3 Å². The topological polar surface area (TPSA) is 120 Å². The van der Waals surface area contributed by atoms with E-state index < -0.39 is 17.7 Å². The molecule has 1 amide bonds. The average Bonchev–Trinajstić information content (AvgIpc) is 3.65. The Hall–Kier alpha value is -4.26. The Morgan fingerprint density at radius 2 is 1.78 bits per heavy atom. The molecule has 3 heterocycles. The van der Waals surface area contributed by atoms with Crippen molar-refractivity contribution in [2.45, 2.75) is 36.4 Å². The SMILES string of the molecule is CCCOc1ccc([C@@H]2C(=C(O)c3ccc4c(c3)OCCO4)C(=O)C(=O)N2c2nnc(SCc3ccc(Cl)cc3)s2)cc1OCC. The van der Waals surface area contributed by atoms with Gasteiger partial charge >= 0.3 is 5.91 Å². The van der Waals surface area contributed by atoms with E-state index >= 15 is 0 Å². The lowest BCUT2D eigenvalue weighted by atomic mass is 9.95. The Balaban J connectivity index is 1.42. The number of carbonyl (C=O) groups is 2. The fraction of sp³-hybridized carbons (Fsp3) is 0.273. The summed E-state index contributed by atoms with van der Waals surface area (Å²) in [6.45, 7) is 5.48. The third kappa shape index (κ3) is 6.51. The summed E-state index contributed by atoms with van der Waals surface area (Å²) >= 11 is 8.65. The molecule has 0 aliphatic carbocycles. The molecule has 2 aliphatic heterocycles. The summed E-state index contributed by atoms with van der Waals surface area (Å²) in [5.41, 5.74) is 1.77. The van der Waals surface area contributed by atoms with Crippen molar-refractivity contribution in [1.82, 2.24) is 10.2 Å². The van der Waals surface area contributed by atoms with E-state index in [1.165, 1.54) is 28.0 Å². The van der Waals surface area contributed by atoms with Gasteiger partial charge in [0.25, 0.3) is 5.78 Å². The van der Waals surface area contributed by atoms with Gasteiger partial charge in [-0.3, -0.25) is 14.5 Å². The van der Waals surface area contributed by atoms with Gasteiger partial charge in [-0.15, -0.1) is 10.2 Å². The number of benzene rings is 3. The molecule has 0 unspecified atom stereocenters. The zero-order chi connectivity index (χ0) is 32.2. The fourth-order valence-electron chi connectivity index (χ4n) is 5.07.